The van der Waals surface area contributed by atoms with Gasteiger partial charge < -0.3 is 15.0 Å². The number of amides is 2. The number of rotatable bonds is 8. The van der Waals surface area contributed by atoms with E-state index in [-0.39, 0.29) is 25.0 Å². The molecule has 2 aromatic carbocycles. The molecule has 0 aliphatic heterocycles. The van der Waals surface area contributed by atoms with Crippen molar-refractivity contribution >= 4 is 57.6 Å². The second kappa shape index (κ2) is 10.9. The van der Waals surface area contributed by atoms with Crippen LogP contribution in [0.3, 0.4) is 0 Å². The van der Waals surface area contributed by atoms with Crippen molar-refractivity contribution in [2.24, 2.45) is 0 Å². The molecule has 0 saturated carbocycles. The van der Waals surface area contributed by atoms with Crippen molar-refractivity contribution in [3.63, 3.8) is 0 Å². The minimum Gasteiger partial charge on any atom is -0.484 e. The first-order valence-electron chi connectivity index (χ1n) is 8.69. The van der Waals surface area contributed by atoms with Crippen LogP contribution in [-0.4, -0.2) is 36.4 Å². The molecule has 0 aliphatic rings. The maximum Gasteiger partial charge on any atom is 0.261 e. The van der Waals surface area contributed by atoms with E-state index < -0.39 is 6.04 Å². The molecule has 5 nitrogen and oxygen atoms in total. The van der Waals surface area contributed by atoms with Gasteiger partial charge in [-0.2, -0.15) is 0 Å². The van der Waals surface area contributed by atoms with E-state index in [0.29, 0.717) is 27.8 Å². The van der Waals surface area contributed by atoms with Gasteiger partial charge in [0.05, 0.1) is 0 Å². The molecule has 0 radical (unpaired) electrons. The SMILES string of the molecule is CCC(C(=O)NC)N(Cc1ccc(Cl)cc1Cl)C(=O)COc1ccc(I)cc1. The molecule has 0 fully saturated rings. The van der Waals surface area contributed by atoms with Crippen LogP contribution in [0.4, 0.5) is 0 Å². The van der Waals surface area contributed by atoms with Gasteiger partial charge in [-0.25, -0.2) is 0 Å². The smallest absolute Gasteiger partial charge is 0.261 e. The summed E-state index contributed by atoms with van der Waals surface area (Å²) in [5.74, 6) is 0.0430. The summed E-state index contributed by atoms with van der Waals surface area (Å²) in [5, 5.41) is 3.56. The summed E-state index contributed by atoms with van der Waals surface area (Å²) in [6.07, 6.45) is 0.458. The summed E-state index contributed by atoms with van der Waals surface area (Å²) in [6, 6.07) is 11.8. The molecule has 2 amide bonds. The van der Waals surface area contributed by atoms with Gasteiger partial charge in [0.1, 0.15) is 11.8 Å². The Morgan fingerprint density at radius 2 is 1.86 bits per heavy atom. The van der Waals surface area contributed by atoms with Gasteiger partial charge in [-0.1, -0.05) is 36.2 Å². The first-order chi connectivity index (χ1) is 13.3. The summed E-state index contributed by atoms with van der Waals surface area (Å²) >= 11 is 14.4. The zero-order chi connectivity index (χ0) is 20.7. The van der Waals surface area contributed by atoms with E-state index in [0.717, 1.165) is 3.57 Å². The summed E-state index contributed by atoms with van der Waals surface area (Å²) < 4.78 is 6.69. The van der Waals surface area contributed by atoms with E-state index in [1.165, 1.54) is 4.90 Å². The molecule has 1 atom stereocenters. The topological polar surface area (TPSA) is 58.6 Å². The van der Waals surface area contributed by atoms with Crippen LogP contribution in [0.5, 0.6) is 5.75 Å². The Hall–Kier alpha value is -1.51. The standard InChI is InChI=1S/C20H21Cl2IN2O3/c1-3-18(20(27)24-2)25(11-13-4-5-14(21)10-17(13)22)19(26)12-28-16-8-6-15(23)7-9-16/h4-10,18H,3,11-12H2,1-2H3,(H,24,27). The van der Waals surface area contributed by atoms with Gasteiger partial charge in [0.2, 0.25) is 5.91 Å². The minimum absolute atomic E-state index is 0.177. The van der Waals surface area contributed by atoms with Gasteiger partial charge in [0.15, 0.2) is 6.61 Å². The third kappa shape index (κ3) is 6.25. The fraction of sp³-hybridized carbons (Fsp3) is 0.300. The van der Waals surface area contributed by atoms with Crippen LogP contribution in [0.25, 0.3) is 0 Å². The van der Waals surface area contributed by atoms with E-state index in [1.54, 1.807) is 37.4 Å². The van der Waals surface area contributed by atoms with Gasteiger partial charge >= 0.3 is 0 Å². The van der Waals surface area contributed by atoms with Crippen molar-refractivity contribution in [2.45, 2.75) is 25.9 Å². The molecule has 0 spiro atoms. The van der Waals surface area contributed by atoms with E-state index in [9.17, 15) is 9.59 Å². The minimum atomic E-state index is -0.635. The van der Waals surface area contributed by atoms with E-state index in [4.69, 9.17) is 27.9 Å². The van der Waals surface area contributed by atoms with Crippen LogP contribution < -0.4 is 10.1 Å². The van der Waals surface area contributed by atoms with Crippen LogP contribution in [0.1, 0.15) is 18.9 Å². The zero-order valence-electron chi connectivity index (χ0n) is 15.5. The third-order valence-corrected chi connectivity index (χ3v) is 5.47. The Balaban J connectivity index is 2.21. The third-order valence-electron chi connectivity index (χ3n) is 4.16. The second-order valence-electron chi connectivity index (χ2n) is 6.04. The van der Waals surface area contributed by atoms with Crippen LogP contribution in [0, 0.1) is 3.57 Å². The molecule has 8 heteroatoms. The lowest BCUT2D eigenvalue weighted by Crippen LogP contribution is -2.49. The number of carbonyl (C=O) groups excluding carboxylic acids is 2. The van der Waals surface area contributed by atoms with Crippen molar-refractivity contribution in [3.05, 3.63) is 61.6 Å². The Bertz CT molecular complexity index is 831. The molecule has 2 aromatic rings. The van der Waals surface area contributed by atoms with E-state index >= 15 is 0 Å². The molecule has 0 bridgehead atoms. The Morgan fingerprint density at radius 3 is 2.43 bits per heavy atom. The molecule has 28 heavy (non-hydrogen) atoms. The average Bonchev–Trinajstić information content (AvgIpc) is 2.68. The highest BCUT2D eigenvalue weighted by Crippen LogP contribution is 2.24. The van der Waals surface area contributed by atoms with Gasteiger partial charge in [0.25, 0.3) is 5.91 Å². The largest absolute Gasteiger partial charge is 0.484 e. The second-order valence-corrected chi connectivity index (χ2v) is 8.13. The number of benzene rings is 2. The van der Waals surface area contributed by atoms with Crippen molar-refractivity contribution in [3.8, 4) is 5.75 Å². The zero-order valence-corrected chi connectivity index (χ0v) is 19.2. The van der Waals surface area contributed by atoms with Gasteiger partial charge in [0, 0.05) is 27.2 Å². The predicted molar refractivity (Wildman–Crippen MR) is 120 cm³/mol. The normalized spacial score (nSPS) is 11.6. The Labute approximate surface area is 188 Å². The lowest BCUT2D eigenvalue weighted by molar-refractivity contribution is -0.142. The van der Waals surface area contributed by atoms with E-state index in [2.05, 4.69) is 27.9 Å². The predicted octanol–water partition coefficient (Wildman–Crippen LogP) is 4.53. The fourth-order valence-electron chi connectivity index (χ4n) is 2.68. The van der Waals surface area contributed by atoms with Crippen molar-refractivity contribution in [2.75, 3.05) is 13.7 Å². The van der Waals surface area contributed by atoms with Crippen molar-refractivity contribution in [1.82, 2.24) is 10.2 Å². The first-order valence-corrected chi connectivity index (χ1v) is 10.5. The van der Waals surface area contributed by atoms with Crippen LogP contribution in [-0.2, 0) is 16.1 Å². The molecule has 0 aliphatic carbocycles. The summed E-state index contributed by atoms with van der Waals surface area (Å²) in [4.78, 5) is 26.8. The molecular weight excluding hydrogens is 514 g/mol. The summed E-state index contributed by atoms with van der Waals surface area (Å²) in [5.41, 5.74) is 0.705. The summed E-state index contributed by atoms with van der Waals surface area (Å²) in [7, 11) is 1.55. The number of ether oxygens (including phenoxy) is 1. The lowest BCUT2D eigenvalue weighted by Gasteiger charge is -2.30. The molecule has 1 unspecified atom stereocenters. The Kier molecular flexibility index (Phi) is 8.85. The van der Waals surface area contributed by atoms with Crippen molar-refractivity contribution in [1.29, 1.82) is 0 Å². The fourth-order valence-corrected chi connectivity index (χ4v) is 3.51. The van der Waals surface area contributed by atoms with Crippen molar-refractivity contribution < 1.29 is 14.3 Å². The number of nitrogens with zero attached hydrogens (tertiary/aromatic N) is 1. The highest BCUT2D eigenvalue weighted by Gasteiger charge is 2.28. The molecule has 1 N–H and O–H groups in total. The summed E-state index contributed by atoms with van der Waals surface area (Å²) in [6.45, 7) is 1.85. The lowest BCUT2D eigenvalue weighted by atomic mass is 10.1. The molecule has 0 saturated heterocycles. The van der Waals surface area contributed by atoms with Gasteiger partial charge in [-0.05, 0) is 71.0 Å². The average molecular weight is 535 g/mol. The molecule has 0 aromatic heterocycles. The van der Waals surface area contributed by atoms with Crippen LogP contribution in [0.15, 0.2) is 42.5 Å². The number of nitrogens with one attached hydrogen (secondary N) is 1. The quantitative estimate of drug-likeness (QED) is 0.506. The molecular formula is C20H21Cl2IN2O3. The maximum absolute atomic E-state index is 12.9. The number of hydrogen-bond donors (Lipinski definition) is 1. The molecule has 150 valence electrons. The van der Waals surface area contributed by atoms with Gasteiger partial charge in [-0.15, -0.1) is 0 Å². The van der Waals surface area contributed by atoms with Crippen LogP contribution in [0.2, 0.25) is 10.0 Å². The van der Waals surface area contributed by atoms with Crippen LogP contribution >= 0.6 is 45.8 Å². The number of likely N-dealkylation sites (N-methyl/N-ethyl adjacent to an activating group) is 1. The highest BCUT2D eigenvalue weighted by molar-refractivity contribution is 14.1. The molecule has 2 rings (SSSR count). The highest BCUT2D eigenvalue weighted by atomic mass is 127. The van der Waals surface area contributed by atoms with Gasteiger partial charge in [-0.3, -0.25) is 9.59 Å². The number of carbonyl (C=O) groups is 2. The maximum atomic E-state index is 12.9. The number of halogens is 3. The number of hydrogen-bond acceptors (Lipinski definition) is 3. The first kappa shape index (κ1) is 22.8. The molecule has 0 heterocycles. The monoisotopic (exact) mass is 534 g/mol. The van der Waals surface area contributed by atoms with E-state index in [1.807, 2.05) is 19.1 Å². The Morgan fingerprint density at radius 1 is 1.18 bits per heavy atom.